The largest absolute Gasteiger partial charge is 0.493 e. The zero-order valence-electron chi connectivity index (χ0n) is 16.2. The molecule has 0 N–H and O–H groups in total. The Morgan fingerprint density at radius 3 is 2.25 bits per heavy atom. The van der Waals surface area contributed by atoms with Gasteiger partial charge in [-0.2, -0.15) is 0 Å². The van der Waals surface area contributed by atoms with Gasteiger partial charge in [0.1, 0.15) is 5.82 Å². The Morgan fingerprint density at radius 1 is 0.786 bits per heavy atom. The molecule has 1 fully saturated rings. The number of methoxy groups -OCH3 is 2. The van der Waals surface area contributed by atoms with Crippen LogP contribution >= 0.6 is 0 Å². The number of pyridine rings is 1. The summed E-state index contributed by atoms with van der Waals surface area (Å²) >= 11 is 0. The first-order valence-corrected chi connectivity index (χ1v) is 9.41. The van der Waals surface area contributed by atoms with Crippen molar-refractivity contribution in [2.45, 2.75) is 0 Å². The van der Waals surface area contributed by atoms with Crippen LogP contribution in [0.1, 0.15) is 0 Å². The molecule has 0 atom stereocenters. The molecule has 144 valence electrons. The summed E-state index contributed by atoms with van der Waals surface area (Å²) in [6, 6.07) is 20.5. The summed E-state index contributed by atoms with van der Waals surface area (Å²) in [5.41, 5.74) is 4.21. The molecular weight excluding hydrogens is 352 g/mol. The summed E-state index contributed by atoms with van der Waals surface area (Å²) in [4.78, 5) is 7.22. The molecule has 3 aromatic rings. The fourth-order valence-electron chi connectivity index (χ4n) is 3.41. The smallest absolute Gasteiger partial charge is 0.161 e. The van der Waals surface area contributed by atoms with E-state index >= 15 is 0 Å². The van der Waals surface area contributed by atoms with Crippen LogP contribution in [0, 0.1) is 0 Å². The molecule has 0 bridgehead atoms. The van der Waals surface area contributed by atoms with Gasteiger partial charge in [-0.15, -0.1) is 0 Å². The molecule has 1 saturated heterocycles. The summed E-state index contributed by atoms with van der Waals surface area (Å²) in [7, 11) is 3.30. The van der Waals surface area contributed by atoms with Gasteiger partial charge in [0.2, 0.25) is 0 Å². The zero-order valence-corrected chi connectivity index (χ0v) is 16.2. The maximum absolute atomic E-state index is 5.51. The molecule has 2 aromatic carbocycles. The number of morpholine rings is 1. The molecule has 2 heterocycles. The summed E-state index contributed by atoms with van der Waals surface area (Å²) in [6.07, 6.45) is 0. The van der Waals surface area contributed by atoms with Gasteiger partial charge >= 0.3 is 0 Å². The van der Waals surface area contributed by atoms with Gasteiger partial charge in [-0.3, -0.25) is 0 Å². The van der Waals surface area contributed by atoms with E-state index in [1.807, 2.05) is 30.3 Å². The number of ether oxygens (including phenoxy) is 3. The van der Waals surface area contributed by atoms with Crippen LogP contribution in [-0.4, -0.2) is 45.5 Å². The van der Waals surface area contributed by atoms with E-state index in [0.717, 1.165) is 60.3 Å². The van der Waals surface area contributed by atoms with Crippen molar-refractivity contribution in [3.63, 3.8) is 0 Å². The highest BCUT2D eigenvalue weighted by atomic mass is 16.5. The Morgan fingerprint density at radius 2 is 1.54 bits per heavy atom. The van der Waals surface area contributed by atoms with Crippen molar-refractivity contribution in [1.82, 2.24) is 4.98 Å². The summed E-state index contributed by atoms with van der Waals surface area (Å²) in [5.74, 6) is 2.40. The van der Waals surface area contributed by atoms with Crippen LogP contribution in [-0.2, 0) is 4.74 Å². The van der Waals surface area contributed by atoms with Crippen molar-refractivity contribution >= 4 is 5.82 Å². The van der Waals surface area contributed by atoms with Crippen LogP contribution in [0.25, 0.3) is 22.4 Å². The topological polar surface area (TPSA) is 43.8 Å². The normalized spacial score (nSPS) is 14.0. The molecule has 1 aromatic heterocycles. The summed E-state index contributed by atoms with van der Waals surface area (Å²) in [6.45, 7) is 3.14. The highest BCUT2D eigenvalue weighted by molar-refractivity contribution is 5.75. The molecule has 0 aliphatic carbocycles. The maximum atomic E-state index is 5.51. The Hall–Kier alpha value is -3.05. The first-order valence-electron chi connectivity index (χ1n) is 9.41. The van der Waals surface area contributed by atoms with E-state index < -0.39 is 0 Å². The van der Waals surface area contributed by atoms with Gasteiger partial charge in [0, 0.05) is 18.7 Å². The highest BCUT2D eigenvalue weighted by Crippen LogP contribution is 2.35. The fourth-order valence-corrected chi connectivity index (χ4v) is 3.41. The molecule has 28 heavy (non-hydrogen) atoms. The molecule has 0 spiro atoms. The van der Waals surface area contributed by atoms with Crippen molar-refractivity contribution < 1.29 is 14.2 Å². The van der Waals surface area contributed by atoms with Crippen LogP contribution in [0.3, 0.4) is 0 Å². The van der Waals surface area contributed by atoms with E-state index in [-0.39, 0.29) is 0 Å². The van der Waals surface area contributed by atoms with Crippen LogP contribution in [0.2, 0.25) is 0 Å². The van der Waals surface area contributed by atoms with Crippen LogP contribution in [0.15, 0.2) is 60.7 Å². The molecular formula is C23H24N2O3. The number of benzene rings is 2. The molecule has 0 amide bonds. The number of hydrogen-bond donors (Lipinski definition) is 0. The molecule has 5 heteroatoms. The number of anilines is 1. The maximum Gasteiger partial charge on any atom is 0.161 e. The first kappa shape index (κ1) is 18.3. The van der Waals surface area contributed by atoms with E-state index in [0.29, 0.717) is 5.75 Å². The second-order valence-corrected chi connectivity index (χ2v) is 6.63. The minimum absolute atomic E-state index is 0.714. The van der Waals surface area contributed by atoms with Gasteiger partial charge in [-0.25, -0.2) is 4.98 Å². The van der Waals surface area contributed by atoms with E-state index in [4.69, 9.17) is 19.2 Å². The van der Waals surface area contributed by atoms with Crippen LogP contribution < -0.4 is 14.4 Å². The van der Waals surface area contributed by atoms with Gasteiger partial charge in [0.15, 0.2) is 11.5 Å². The zero-order chi connectivity index (χ0) is 19.3. The average Bonchev–Trinajstić information content (AvgIpc) is 2.79. The monoisotopic (exact) mass is 376 g/mol. The van der Waals surface area contributed by atoms with E-state index in [2.05, 4.69) is 35.2 Å². The van der Waals surface area contributed by atoms with E-state index in [1.54, 1.807) is 14.2 Å². The highest BCUT2D eigenvalue weighted by Gasteiger charge is 2.16. The first-order chi connectivity index (χ1) is 13.8. The number of aromatic nitrogens is 1. The van der Waals surface area contributed by atoms with Gasteiger partial charge in [-0.05, 0) is 35.4 Å². The summed E-state index contributed by atoms with van der Waals surface area (Å²) < 4.78 is 16.4. The lowest BCUT2D eigenvalue weighted by molar-refractivity contribution is 0.122. The number of rotatable bonds is 5. The molecule has 0 unspecified atom stereocenters. The minimum Gasteiger partial charge on any atom is -0.493 e. The molecule has 4 rings (SSSR count). The predicted molar refractivity (Wildman–Crippen MR) is 111 cm³/mol. The average molecular weight is 376 g/mol. The van der Waals surface area contributed by atoms with E-state index in [1.165, 1.54) is 0 Å². The third-order valence-electron chi connectivity index (χ3n) is 4.93. The Kier molecular flexibility index (Phi) is 5.44. The number of hydrogen-bond acceptors (Lipinski definition) is 5. The molecule has 1 aliphatic rings. The SMILES string of the molecule is COc1ccc(-c2cc(-c3ccccc3)nc(N3CCOCC3)c2)cc1OC. The summed E-state index contributed by atoms with van der Waals surface area (Å²) in [5, 5.41) is 0. The fraction of sp³-hybridized carbons (Fsp3) is 0.261. The third-order valence-corrected chi connectivity index (χ3v) is 4.93. The van der Waals surface area contributed by atoms with E-state index in [9.17, 15) is 0 Å². The molecule has 1 aliphatic heterocycles. The Balaban J connectivity index is 1.82. The van der Waals surface area contributed by atoms with Crippen LogP contribution in [0.5, 0.6) is 11.5 Å². The van der Waals surface area contributed by atoms with Crippen molar-refractivity contribution in [2.24, 2.45) is 0 Å². The van der Waals surface area contributed by atoms with Gasteiger partial charge in [0.05, 0.1) is 33.1 Å². The van der Waals surface area contributed by atoms with Gasteiger partial charge in [0.25, 0.3) is 0 Å². The van der Waals surface area contributed by atoms with Crippen molar-refractivity contribution in [3.05, 3.63) is 60.7 Å². The molecule has 0 saturated carbocycles. The second-order valence-electron chi connectivity index (χ2n) is 6.63. The second kappa shape index (κ2) is 8.31. The lowest BCUT2D eigenvalue weighted by Crippen LogP contribution is -2.36. The standard InChI is InChI=1S/C23H24N2O3/c1-26-21-9-8-18(15-22(21)27-2)19-14-20(17-6-4-3-5-7-17)24-23(16-19)25-10-12-28-13-11-25/h3-9,14-16H,10-13H2,1-2H3. The van der Waals surface area contributed by atoms with Crippen LogP contribution in [0.4, 0.5) is 5.82 Å². The van der Waals surface area contributed by atoms with Crippen molar-refractivity contribution in [2.75, 3.05) is 45.4 Å². The van der Waals surface area contributed by atoms with Gasteiger partial charge in [-0.1, -0.05) is 36.4 Å². The lowest BCUT2D eigenvalue weighted by atomic mass is 10.0. The predicted octanol–water partition coefficient (Wildman–Crippen LogP) is 4.27. The minimum atomic E-state index is 0.714. The quantitative estimate of drug-likeness (QED) is 0.665. The van der Waals surface area contributed by atoms with Crippen molar-refractivity contribution in [3.8, 4) is 33.9 Å². The Bertz CT molecular complexity index is 938. The molecule has 0 radical (unpaired) electrons. The Labute approximate surface area is 165 Å². The lowest BCUT2D eigenvalue weighted by Gasteiger charge is -2.28. The van der Waals surface area contributed by atoms with Crippen molar-refractivity contribution in [1.29, 1.82) is 0 Å². The molecule has 5 nitrogen and oxygen atoms in total. The number of nitrogens with zero attached hydrogens (tertiary/aromatic N) is 2. The van der Waals surface area contributed by atoms with Gasteiger partial charge < -0.3 is 19.1 Å². The third kappa shape index (κ3) is 3.80.